The van der Waals surface area contributed by atoms with Crippen molar-refractivity contribution in [3.63, 3.8) is 0 Å². The minimum Gasteiger partial charge on any atom is -0.478 e. The molecule has 2 rings (SSSR count). The first-order chi connectivity index (χ1) is 7.69. The summed E-state index contributed by atoms with van der Waals surface area (Å²) < 4.78 is 0. The molecule has 0 saturated carbocycles. The maximum Gasteiger partial charge on any atom is 0.331 e. The van der Waals surface area contributed by atoms with Crippen molar-refractivity contribution in [2.24, 2.45) is 0 Å². The van der Waals surface area contributed by atoms with Gasteiger partial charge in [0.25, 0.3) is 0 Å². The Balaban J connectivity index is 0.000000176. The third kappa shape index (κ3) is 3.58. The molecular formula is C13H13NO2. The molecule has 16 heavy (non-hydrogen) atoms. The van der Waals surface area contributed by atoms with Crippen molar-refractivity contribution in [1.29, 1.82) is 5.26 Å². The number of aliphatic carboxylic acids is 1. The topological polar surface area (TPSA) is 61.1 Å². The highest BCUT2D eigenvalue weighted by molar-refractivity contribution is 5.86. The highest BCUT2D eigenvalue weighted by Gasteiger charge is 2.07. The molecule has 0 heterocycles. The second-order valence-corrected chi connectivity index (χ2v) is 3.36. The molecular weight excluding hydrogens is 202 g/mol. The van der Waals surface area contributed by atoms with Crippen LogP contribution in [0.3, 0.4) is 0 Å². The summed E-state index contributed by atoms with van der Waals surface area (Å²) in [4.78, 5) is 10.3. The Labute approximate surface area is 94.6 Å². The second-order valence-electron chi connectivity index (χ2n) is 3.36. The van der Waals surface area contributed by atoms with E-state index in [1.54, 1.807) is 6.92 Å². The van der Waals surface area contributed by atoms with Gasteiger partial charge in [0.05, 0.1) is 6.07 Å². The Morgan fingerprint density at radius 3 is 2.38 bits per heavy atom. The summed E-state index contributed by atoms with van der Waals surface area (Å²) in [7, 11) is 0. The molecule has 1 N–H and O–H groups in total. The number of carbonyl (C=O) groups is 1. The number of hydrogen-bond acceptors (Lipinski definition) is 2. The van der Waals surface area contributed by atoms with Crippen molar-refractivity contribution in [2.45, 2.75) is 19.8 Å². The summed E-state index contributed by atoms with van der Waals surface area (Å²) in [6.45, 7) is 1.65. The number of allylic oxidation sites excluding steroid dienone is 1. The molecule has 2 aliphatic rings. The van der Waals surface area contributed by atoms with Gasteiger partial charge in [0.2, 0.25) is 0 Å². The monoisotopic (exact) mass is 215 g/mol. The first-order valence-electron chi connectivity index (χ1n) is 5.05. The first kappa shape index (κ1) is 12.0. The number of carboxylic acids is 1. The van der Waals surface area contributed by atoms with Gasteiger partial charge in [-0.25, -0.2) is 4.79 Å². The molecule has 0 amide bonds. The minimum absolute atomic E-state index is 0.270. The number of rotatable bonds is 3. The van der Waals surface area contributed by atoms with Crippen molar-refractivity contribution in [1.82, 2.24) is 0 Å². The van der Waals surface area contributed by atoms with E-state index >= 15 is 0 Å². The average molecular weight is 215 g/mol. The second kappa shape index (κ2) is 5.72. The smallest absolute Gasteiger partial charge is 0.331 e. The Morgan fingerprint density at radius 2 is 2.12 bits per heavy atom. The number of fused-ring (bicyclic) bond motifs is 1. The Morgan fingerprint density at radius 1 is 1.50 bits per heavy atom. The fourth-order valence-corrected chi connectivity index (χ4v) is 1.24. The van der Waals surface area contributed by atoms with Crippen LogP contribution in [0.1, 0.15) is 19.8 Å². The zero-order valence-electron chi connectivity index (χ0n) is 9.10. The highest BCUT2D eigenvalue weighted by Crippen LogP contribution is 2.32. The predicted molar refractivity (Wildman–Crippen MR) is 61.7 cm³/mol. The lowest BCUT2D eigenvalue weighted by Gasteiger charge is -1.94. The van der Waals surface area contributed by atoms with Gasteiger partial charge in [-0.3, -0.25) is 0 Å². The molecule has 0 bridgehead atoms. The summed E-state index contributed by atoms with van der Waals surface area (Å²) in [5.74, 6) is -0.933. The van der Waals surface area contributed by atoms with E-state index in [0.717, 1.165) is 0 Å². The van der Waals surface area contributed by atoms with Gasteiger partial charge in [-0.15, -0.1) is 0 Å². The molecule has 2 aliphatic carbocycles. The summed E-state index contributed by atoms with van der Waals surface area (Å²) in [6.07, 6.45) is 2.12. The number of carboxylic acid groups (broad SMARTS) is 1. The van der Waals surface area contributed by atoms with Crippen molar-refractivity contribution in [3.8, 4) is 17.2 Å². The Bertz CT molecular complexity index is 438. The van der Waals surface area contributed by atoms with E-state index in [2.05, 4.69) is 24.3 Å². The molecule has 3 nitrogen and oxygen atoms in total. The molecule has 0 aromatic rings. The van der Waals surface area contributed by atoms with Crippen LogP contribution in [0, 0.1) is 11.3 Å². The zero-order valence-corrected chi connectivity index (χ0v) is 9.10. The van der Waals surface area contributed by atoms with E-state index in [-0.39, 0.29) is 6.42 Å². The van der Waals surface area contributed by atoms with E-state index < -0.39 is 5.97 Å². The first-order valence-corrected chi connectivity index (χ1v) is 5.05. The summed E-state index contributed by atoms with van der Waals surface area (Å²) in [5.41, 5.74) is 3.16. The zero-order chi connectivity index (χ0) is 12.0. The van der Waals surface area contributed by atoms with Crippen LogP contribution >= 0.6 is 0 Å². The molecule has 0 saturated heterocycles. The number of nitriles is 1. The predicted octanol–water partition coefficient (Wildman–Crippen LogP) is 2.99. The largest absolute Gasteiger partial charge is 0.478 e. The number of benzene rings is 1. The van der Waals surface area contributed by atoms with Crippen LogP contribution in [-0.4, -0.2) is 11.1 Å². The van der Waals surface area contributed by atoms with Crippen LogP contribution in [0.2, 0.25) is 0 Å². The number of hydrogen-bond donors (Lipinski definition) is 1. The average Bonchev–Trinajstić information content (AvgIpc) is 2.87. The molecule has 0 aliphatic heterocycles. The molecule has 0 unspecified atom stereocenters. The van der Waals surface area contributed by atoms with Crippen LogP contribution < -0.4 is 0 Å². The standard InChI is InChI=1S/C7H9NO2.C6H4/c1-2-6(7(9)10)4-3-5-8;1-2-5-4-6(5)3-1/h2H,3-4H2,1H3,(H,9,10);1-4H/b6-2+;. The summed E-state index contributed by atoms with van der Waals surface area (Å²) >= 11 is 0. The van der Waals surface area contributed by atoms with E-state index in [4.69, 9.17) is 10.4 Å². The van der Waals surface area contributed by atoms with Crippen LogP contribution in [-0.2, 0) is 4.79 Å². The molecule has 3 heteroatoms. The molecule has 0 aromatic carbocycles. The fourth-order valence-electron chi connectivity index (χ4n) is 1.24. The van der Waals surface area contributed by atoms with Gasteiger partial charge in [0.1, 0.15) is 0 Å². The lowest BCUT2D eigenvalue weighted by Crippen LogP contribution is -1.99. The summed E-state index contributed by atoms with van der Waals surface area (Å²) in [6, 6.07) is 10.4. The fraction of sp³-hybridized carbons (Fsp3) is 0.231. The van der Waals surface area contributed by atoms with Gasteiger partial charge in [0, 0.05) is 12.0 Å². The van der Waals surface area contributed by atoms with E-state index in [1.165, 1.54) is 17.2 Å². The van der Waals surface area contributed by atoms with Gasteiger partial charge < -0.3 is 5.11 Å². The lowest BCUT2D eigenvalue weighted by atomic mass is 10.1. The number of nitrogens with zero attached hydrogens (tertiary/aromatic N) is 1. The van der Waals surface area contributed by atoms with Gasteiger partial charge in [-0.1, -0.05) is 24.3 Å². The van der Waals surface area contributed by atoms with Gasteiger partial charge in [-0.2, -0.15) is 5.26 Å². The quantitative estimate of drug-likeness (QED) is 0.800. The molecule has 0 radical (unpaired) electrons. The van der Waals surface area contributed by atoms with Crippen molar-refractivity contribution < 1.29 is 9.90 Å². The SMILES string of the molecule is C/C=C(\CCC#N)C(=O)O.c1cc2cc-2c1. The third-order valence-electron chi connectivity index (χ3n) is 2.24. The maximum absolute atomic E-state index is 10.3. The van der Waals surface area contributed by atoms with Crippen molar-refractivity contribution in [3.05, 3.63) is 35.9 Å². The summed E-state index contributed by atoms with van der Waals surface area (Å²) in [5, 5.41) is 16.5. The Hall–Kier alpha value is -2.08. The highest BCUT2D eigenvalue weighted by atomic mass is 16.4. The lowest BCUT2D eigenvalue weighted by molar-refractivity contribution is -0.132. The van der Waals surface area contributed by atoms with Crippen LogP contribution in [0.4, 0.5) is 0 Å². The van der Waals surface area contributed by atoms with Crippen LogP contribution in [0.5, 0.6) is 0 Å². The Kier molecular flexibility index (Phi) is 4.28. The van der Waals surface area contributed by atoms with E-state index in [9.17, 15) is 4.79 Å². The molecule has 0 fully saturated rings. The minimum atomic E-state index is -0.933. The maximum atomic E-state index is 10.3. The van der Waals surface area contributed by atoms with Crippen molar-refractivity contribution >= 4 is 5.97 Å². The van der Waals surface area contributed by atoms with Crippen LogP contribution in [0.15, 0.2) is 35.9 Å². The third-order valence-corrected chi connectivity index (χ3v) is 2.24. The molecule has 0 aromatic heterocycles. The molecule has 82 valence electrons. The van der Waals surface area contributed by atoms with Crippen molar-refractivity contribution in [2.75, 3.05) is 0 Å². The molecule has 0 atom stereocenters. The normalized spacial score (nSPS) is 10.9. The molecule has 0 spiro atoms. The van der Waals surface area contributed by atoms with E-state index in [1.807, 2.05) is 6.07 Å². The van der Waals surface area contributed by atoms with Crippen LogP contribution in [0.25, 0.3) is 11.1 Å². The van der Waals surface area contributed by atoms with Gasteiger partial charge in [-0.05, 0) is 30.5 Å². The van der Waals surface area contributed by atoms with E-state index in [0.29, 0.717) is 12.0 Å². The van der Waals surface area contributed by atoms with Gasteiger partial charge >= 0.3 is 5.97 Å². The van der Waals surface area contributed by atoms with Gasteiger partial charge in [0.15, 0.2) is 0 Å².